The molecule has 0 saturated carbocycles. The van der Waals surface area contributed by atoms with Crippen molar-refractivity contribution in [2.24, 2.45) is 5.73 Å². The average Bonchev–Trinajstić information content (AvgIpc) is 3.17. The number of hydrogen-bond donors (Lipinski definition) is 4. The second kappa shape index (κ2) is 9.00. The summed E-state index contributed by atoms with van der Waals surface area (Å²) in [7, 11) is -2.08. The van der Waals surface area contributed by atoms with Crippen LogP contribution in [0.3, 0.4) is 0 Å². The van der Waals surface area contributed by atoms with Crippen LogP contribution in [0.1, 0.15) is 11.1 Å². The summed E-state index contributed by atoms with van der Waals surface area (Å²) < 4.78 is 39.5. The third-order valence-electron chi connectivity index (χ3n) is 5.01. The maximum Gasteiger partial charge on any atom is 0.233 e. The summed E-state index contributed by atoms with van der Waals surface area (Å²) in [5, 5.41) is 6.39. The van der Waals surface area contributed by atoms with Crippen molar-refractivity contribution in [1.29, 1.82) is 0 Å². The highest BCUT2D eigenvalue weighted by Crippen LogP contribution is 2.27. The Kier molecular flexibility index (Phi) is 6.11. The van der Waals surface area contributed by atoms with Crippen LogP contribution in [0.2, 0.25) is 0 Å². The predicted octanol–water partition coefficient (Wildman–Crippen LogP) is 2.70. The summed E-state index contributed by atoms with van der Waals surface area (Å²) in [6.07, 6.45) is 3.81. The molecule has 0 amide bonds. The van der Waals surface area contributed by atoms with Crippen LogP contribution in [0.4, 0.5) is 27.7 Å². The van der Waals surface area contributed by atoms with Gasteiger partial charge in [-0.1, -0.05) is 18.2 Å². The molecule has 0 bridgehead atoms. The Morgan fingerprint density at radius 3 is 2.79 bits per heavy atom. The SMILES string of the molecule is CN(c1ncccc1CNc1nc(Nc2cccc(CN)c2)nc2[nH]cc(F)c12)S(C)(=O)=O. The number of aromatic amines is 1. The number of anilines is 4. The van der Waals surface area contributed by atoms with Crippen molar-refractivity contribution >= 4 is 44.3 Å². The molecule has 0 atom stereocenters. The van der Waals surface area contributed by atoms with Crippen LogP contribution in [-0.4, -0.2) is 41.7 Å². The second-order valence-corrected chi connectivity index (χ2v) is 9.37. The molecule has 3 aromatic heterocycles. The standard InChI is InChI=1S/C21H23FN8O2S/c1-30(33(2,31)32)20-14(6-4-8-24-20)11-25-18-17-16(22)12-26-19(17)29-21(28-18)27-15-7-3-5-13(9-15)10-23/h3-9,12H,10-11,23H2,1-2H3,(H3,25,26,27,28,29). The molecule has 0 unspecified atom stereocenters. The molecule has 12 heteroatoms. The minimum atomic E-state index is -3.51. The quantitative estimate of drug-likeness (QED) is 0.308. The van der Waals surface area contributed by atoms with Gasteiger partial charge in [-0.05, 0) is 23.8 Å². The number of hydrogen-bond acceptors (Lipinski definition) is 8. The Bertz CT molecular complexity index is 1410. The summed E-state index contributed by atoms with van der Waals surface area (Å²) in [4.78, 5) is 15.8. The molecule has 0 aliphatic carbocycles. The Balaban J connectivity index is 1.66. The summed E-state index contributed by atoms with van der Waals surface area (Å²) >= 11 is 0. The first-order valence-corrected chi connectivity index (χ1v) is 11.8. The second-order valence-electron chi connectivity index (χ2n) is 7.36. The lowest BCUT2D eigenvalue weighted by atomic mass is 10.2. The van der Waals surface area contributed by atoms with E-state index in [4.69, 9.17) is 5.73 Å². The molecule has 0 radical (unpaired) electrons. The van der Waals surface area contributed by atoms with Gasteiger partial charge in [0.05, 0.1) is 11.6 Å². The third kappa shape index (κ3) is 4.86. The van der Waals surface area contributed by atoms with Crippen molar-refractivity contribution < 1.29 is 12.8 Å². The fourth-order valence-electron chi connectivity index (χ4n) is 3.27. The van der Waals surface area contributed by atoms with Crippen LogP contribution in [0.25, 0.3) is 11.0 Å². The van der Waals surface area contributed by atoms with Crippen molar-refractivity contribution in [3.63, 3.8) is 0 Å². The van der Waals surface area contributed by atoms with Gasteiger partial charge in [-0.3, -0.25) is 4.31 Å². The van der Waals surface area contributed by atoms with Gasteiger partial charge in [0.2, 0.25) is 16.0 Å². The van der Waals surface area contributed by atoms with E-state index in [1.807, 2.05) is 24.3 Å². The molecular weight excluding hydrogens is 447 g/mol. The van der Waals surface area contributed by atoms with E-state index in [0.717, 1.165) is 21.8 Å². The lowest BCUT2D eigenvalue weighted by Crippen LogP contribution is -2.27. The zero-order chi connectivity index (χ0) is 23.6. The molecule has 0 spiro atoms. The molecule has 0 saturated heterocycles. The van der Waals surface area contributed by atoms with E-state index in [9.17, 15) is 12.8 Å². The van der Waals surface area contributed by atoms with Gasteiger partial charge in [-0.2, -0.15) is 9.97 Å². The van der Waals surface area contributed by atoms with Crippen molar-refractivity contribution in [2.75, 3.05) is 28.2 Å². The van der Waals surface area contributed by atoms with Gasteiger partial charge in [0.1, 0.15) is 17.3 Å². The highest BCUT2D eigenvalue weighted by Gasteiger charge is 2.18. The number of benzene rings is 1. The third-order valence-corrected chi connectivity index (χ3v) is 6.18. The fourth-order valence-corrected chi connectivity index (χ4v) is 3.75. The minimum Gasteiger partial charge on any atom is -0.365 e. The molecule has 0 aliphatic heterocycles. The van der Waals surface area contributed by atoms with Gasteiger partial charge >= 0.3 is 0 Å². The van der Waals surface area contributed by atoms with E-state index in [1.54, 1.807) is 12.1 Å². The smallest absolute Gasteiger partial charge is 0.233 e. The van der Waals surface area contributed by atoms with E-state index in [1.165, 1.54) is 19.4 Å². The molecule has 33 heavy (non-hydrogen) atoms. The van der Waals surface area contributed by atoms with E-state index in [0.29, 0.717) is 17.8 Å². The van der Waals surface area contributed by atoms with Crippen LogP contribution in [0.5, 0.6) is 0 Å². The van der Waals surface area contributed by atoms with Gasteiger partial charge in [0, 0.05) is 43.8 Å². The molecule has 5 N–H and O–H groups in total. The summed E-state index contributed by atoms with van der Waals surface area (Å²) in [6.45, 7) is 0.543. The number of pyridine rings is 1. The summed E-state index contributed by atoms with van der Waals surface area (Å²) in [6, 6.07) is 10.9. The number of aromatic nitrogens is 4. The number of fused-ring (bicyclic) bond motifs is 1. The maximum absolute atomic E-state index is 14.5. The van der Waals surface area contributed by atoms with Crippen molar-refractivity contribution in [3.8, 4) is 0 Å². The Morgan fingerprint density at radius 1 is 1.21 bits per heavy atom. The largest absolute Gasteiger partial charge is 0.365 e. The molecule has 3 heterocycles. The number of nitrogens with two attached hydrogens (primary N) is 1. The fraction of sp³-hybridized carbons (Fsp3) is 0.190. The van der Waals surface area contributed by atoms with Gasteiger partial charge in [0.15, 0.2) is 5.82 Å². The molecule has 1 aromatic carbocycles. The summed E-state index contributed by atoms with van der Waals surface area (Å²) in [5.74, 6) is 0.252. The number of H-pyrrole nitrogens is 1. The number of halogens is 1. The van der Waals surface area contributed by atoms with Crippen LogP contribution >= 0.6 is 0 Å². The summed E-state index contributed by atoms with van der Waals surface area (Å²) in [5.41, 5.74) is 8.28. The van der Waals surface area contributed by atoms with E-state index in [2.05, 4.69) is 30.6 Å². The van der Waals surface area contributed by atoms with E-state index < -0.39 is 15.8 Å². The monoisotopic (exact) mass is 470 g/mol. The first-order chi connectivity index (χ1) is 15.8. The molecule has 10 nitrogen and oxygen atoms in total. The van der Waals surface area contributed by atoms with Gasteiger partial charge in [-0.25, -0.2) is 17.8 Å². The Labute approximate surface area is 190 Å². The highest BCUT2D eigenvalue weighted by atomic mass is 32.2. The predicted molar refractivity (Wildman–Crippen MR) is 126 cm³/mol. The normalized spacial score (nSPS) is 11.5. The molecule has 0 aliphatic rings. The van der Waals surface area contributed by atoms with Crippen LogP contribution in [0, 0.1) is 5.82 Å². The zero-order valence-corrected chi connectivity index (χ0v) is 18.8. The maximum atomic E-state index is 14.5. The van der Waals surface area contributed by atoms with E-state index >= 15 is 0 Å². The number of nitrogens with zero attached hydrogens (tertiary/aromatic N) is 4. The van der Waals surface area contributed by atoms with E-state index in [-0.39, 0.29) is 29.5 Å². The number of nitrogens with one attached hydrogen (secondary N) is 3. The van der Waals surface area contributed by atoms with Crippen LogP contribution < -0.4 is 20.7 Å². The zero-order valence-electron chi connectivity index (χ0n) is 18.0. The molecular formula is C21H23FN8O2S. The Morgan fingerprint density at radius 2 is 2.03 bits per heavy atom. The number of rotatable bonds is 8. The van der Waals surface area contributed by atoms with Crippen molar-refractivity contribution in [3.05, 3.63) is 65.7 Å². The molecule has 4 aromatic rings. The topological polar surface area (TPSA) is 142 Å². The van der Waals surface area contributed by atoms with Crippen LogP contribution in [-0.2, 0) is 23.1 Å². The minimum absolute atomic E-state index is 0.155. The highest BCUT2D eigenvalue weighted by molar-refractivity contribution is 7.92. The first kappa shape index (κ1) is 22.4. The molecule has 4 rings (SSSR count). The lowest BCUT2D eigenvalue weighted by molar-refractivity contribution is 0.599. The van der Waals surface area contributed by atoms with Crippen molar-refractivity contribution in [2.45, 2.75) is 13.1 Å². The average molecular weight is 471 g/mol. The van der Waals surface area contributed by atoms with Gasteiger partial charge in [0.25, 0.3) is 0 Å². The Hall–Kier alpha value is -3.77. The van der Waals surface area contributed by atoms with Gasteiger partial charge < -0.3 is 21.4 Å². The first-order valence-electron chi connectivity index (χ1n) is 9.98. The lowest BCUT2D eigenvalue weighted by Gasteiger charge is -2.19. The molecule has 172 valence electrons. The van der Waals surface area contributed by atoms with Gasteiger partial charge in [-0.15, -0.1) is 0 Å². The van der Waals surface area contributed by atoms with Crippen LogP contribution in [0.15, 0.2) is 48.8 Å². The van der Waals surface area contributed by atoms with Crippen molar-refractivity contribution in [1.82, 2.24) is 19.9 Å². The number of sulfonamides is 1. The molecule has 0 fully saturated rings.